The molecule has 1 atom stereocenters. The number of rotatable bonds is 4. The summed E-state index contributed by atoms with van der Waals surface area (Å²) in [5, 5.41) is 17.4. The standard InChI is InChI=1S/C12H12ClN3O2S/c1-9(6-14)8-16(2)19(17,18)12-4-3-10(7-15)5-11(12)13/h3-5,9H,8H2,1-2H3. The Morgan fingerprint density at radius 1 is 1.42 bits per heavy atom. The van der Waals surface area contributed by atoms with Crippen molar-refractivity contribution in [1.82, 2.24) is 4.31 Å². The molecular formula is C12H12ClN3O2S. The number of hydrogen-bond acceptors (Lipinski definition) is 4. The summed E-state index contributed by atoms with van der Waals surface area (Å²) in [7, 11) is -2.37. The maximum absolute atomic E-state index is 12.3. The van der Waals surface area contributed by atoms with Gasteiger partial charge in [0, 0.05) is 13.6 Å². The molecule has 0 aliphatic heterocycles. The Morgan fingerprint density at radius 3 is 2.53 bits per heavy atom. The van der Waals surface area contributed by atoms with Crippen molar-refractivity contribution in [3.63, 3.8) is 0 Å². The molecule has 0 spiro atoms. The van der Waals surface area contributed by atoms with Crippen molar-refractivity contribution in [1.29, 1.82) is 10.5 Å². The van der Waals surface area contributed by atoms with Crippen LogP contribution in [0.15, 0.2) is 23.1 Å². The highest BCUT2D eigenvalue weighted by atomic mass is 35.5. The predicted molar refractivity (Wildman–Crippen MR) is 70.8 cm³/mol. The molecule has 5 nitrogen and oxygen atoms in total. The van der Waals surface area contributed by atoms with Gasteiger partial charge in [-0.3, -0.25) is 0 Å². The zero-order valence-electron chi connectivity index (χ0n) is 10.5. The van der Waals surface area contributed by atoms with Crippen molar-refractivity contribution in [3.8, 4) is 12.1 Å². The van der Waals surface area contributed by atoms with Crippen LogP contribution in [-0.4, -0.2) is 26.3 Å². The number of sulfonamides is 1. The summed E-state index contributed by atoms with van der Waals surface area (Å²) in [5.41, 5.74) is 0.289. The molecule has 0 radical (unpaired) electrons. The Morgan fingerprint density at radius 2 is 2.05 bits per heavy atom. The Balaban J connectivity index is 3.15. The fraction of sp³-hybridized carbons (Fsp3) is 0.333. The summed E-state index contributed by atoms with van der Waals surface area (Å²) < 4.78 is 25.6. The van der Waals surface area contributed by atoms with Crippen LogP contribution < -0.4 is 0 Å². The van der Waals surface area contributed by atoms with E-state index < -0.39 is 15.9 Å². The first-order valence-electron chi connectivity index (χ1n) is 5.38. The average Bonchev–Trinajstić information content (AvgIpc) is 2.37. The van der Waals surface area contributed by atoms with E-state index in [1.165, 1.54) is 25.2 Å². The van der Waals surface area contributed by atoms with Gasteiger partial charge in [-0.15, -0.1) is 0 Å². The van der Waals surface area contributed by atoms with Gasteiger partial charge < -0.3 is 0 Å². The molecule has 0 aromatic heterocycles. The molecule has 19 heavy (non-hydrogen) atoms. The minimum absolute atomic E-state index is 0.00416. The fourth-order valence-corrected chi connectivity index (χ4v) is 3.25. The summed E-state index contributed by atoms with van der Waals surface area (Å²) in [6, 6.07) is 7.84. The van der Waals surface area contributed by atoms with Gasteiger partial charge in [-0.25, -0.2) is 8.42 Å². The zero-order chi connectivity index (χ0) is 14.6. The third-order valence-corrected chi connectivity index (χ3v) is 4.81. The van der Waals surface area contributed by atoms with Crippen LogP contribution in [0.5, 0.6) is 0 Å². The Kier molecular flexibility index (Phi) is 4.90. The van der Waals surface area contributed by atoms with E-state index in [2.05, 4.69) is 0 Å². The molecular weight excluding hydrogens is 286 g/mol. The number of halogens is 1. The molecule has 0 saturated carbocycles. The summed E-state index contributed by atoms with van der Waals surface area (Å²) >= 11 is 5.89. The third kappa shape index (κ3) is 3.45. The number of hydrogen-bond donors (Lipinski definition) is 0. The third-order valence-electron chi connectivity index (χ3n) is 2.50. The highest BCUT2D eigenvalue weighted by Gasteiger charge is 2.24. The van der Waals surface area contributed by atoms with E-state index in [0.717, 1.165) is 4.31 Å². The van der Waals surface area contributed by atoms with E-state index in [1.54, 1.807) is 6.92 Å². The summed E-state index contributed by atoms with van der Waals surface area (Å²) in [4.78, 5) is -0.0687. The van der Waals surface area contributed by atoms with Crippen LogP contribution >= 0.6 is 11.6 Å². The van der Waals surface area contributed by atoms with Gasteiger partial charge in [0.15, 0.2) is 0 Å². The van der Waals surface area contributed by atoms with Gasteiger partial charge in [0.2, 0.25) is 10.0 Å². The molecule has 7 heteroatoms. The molecule has 0 fully saturated rings. The molecule has 0 bridgehead atoms. The first-order chi connectivity index (χ1) is 8.82. The Bertz CT molecular complexity index is 659. The maximum atomic E-state index is 12.3. The van der Waals surface area contributed by atoms with Crippen molar-refractivity contribution in [2.24, 2.45) is 5.92 Å². The van der Waals surface area contributed by atoms with Crippen molar-refractivity contribution >= 4 is 21.6 Å². The first kappa shape index (κ1) is 15.5. The van der Waals surface area contributed by atoms with Crippen LogP contribution in [0.1, 0.15) is 12.5 Å². The SMILES string of the molecule is CC(C#N)CN(C)S(=O)(=O)c1ccc(C#N)cc1Cl. The van der Waals surface area contributed by atoms with Gasteiger partial charge in [0.1, 0.15) is 4.90 Å². The van der Waals surface area contributed by atoms with E-state index in [9.17, 15) is 8.42 Å². The molecule has 1 rings (SSSR count). The average molecular weight is 298 g/mol. The molecule has 0 aliphatic rings. The second-order valence-corrected chi connectivity index (χ2v) is 6.49. The lowest BCUT2D eigenvalue weighted by Gasteiger charge is -2.18. The van der Waals surface area contributed by atoms with Crippen LogP contribution in [0.4, 0.5) is 0 Å². The molecule has 1 aromatic carbocycles. The van der Waals surface area contributed by atoms with E-state index in [0.29, 0.717) is 0 Å². The normalized spacial score (nSPS) is 12.7. The summed E-state index contributed by atoms with van der Waals surface area (Å²) in [6.07, 6.45) is 0. The summed E-state index contributed by atoms with van der Waals surface area (Å²) in [5.74, 6) is -0.420. The van der Waals surface area contributed by atoms with Gasteiger partial charge in [0.05, 0.1) is 28.6 Å². The predicted octanol–water partition coefficient (Wildman–Crippen LogP) is 1.99. The van der Waals surface area contributed by atoms with Crippen LogP contribution in [0.2, 0.25) is 5.02 Å². The molecule has 0 aliphatic carbocycles. The van der Waals surface area contributed by atoms with Crippen LogP contribution in [0.3, 0.4) is 0 Å². The lowest BCUT2D eigenvalue weighted by Crippen LogP contribution is -2.31. The molecule has 0 N–H and O–H groups in total. The first-order valence-corrected chi connectivity index (χ1v) is 7.20. The van der Waals surface area contributed by atoms with Crippen molar-refractivity contribution < 1.29 is 8.42 Å². The highest BCUT2D eigenvalue weighted by molar-refractivity contribution is 7.89. The quantitative estimate of drug-likeness (QED) is 0.850. The largest absolute Gasteiger partial charge is 0.244 e. The van der Waals surface area contributed by atoms with E-state index in [-0.39, 0.29) is 22.0 Å². The van der Waals surface area contributed by atoms with Gasteiger partial charge in [-0.05, 0) is 25.1 Å². The summed E-state index contributed by atoms with van der Waals surface area (Å²) in [6.45, 7) is 1.71. The molecule has 0 saturated heterocycles. The zero-order valence-corrected chi connectivity index (χ0v) is 12.0. The van der Waals surface area contributed by atoms with Gasteiger partial charge in [-0.1, -0.05) is 11.6 Å². The fourth-order valence-electron chi connectivity index (χ4n) is 1.47. The Hall–Kier alpha value is -1.60. The minimum atomic E-state index is -3.76. The second-order valence-electron chi connectivity index (χ2n) is 4.07. The van der Waals surface area contributed by atoms with E-state index in [1.807, 2.05) is 12.1 Å². The number of nitrogens with zero attached hydrogens (tertiary/aromatic N) is 3. The van der Waals surface area contributed by atoms with Gasteiger partial charge in [-0.2, -0.15) is 14.8 Å². The van der Waals surface area contributed by atoms with Gasteiger partial charge in [0.25, 0.3) is 0 Å². The van der Waals surface area contributed by atoms with Crippen LogP contribution in [0, 0.1) is 28.6 Å². The molecule has 1 unspecified atom stereocenters. The maximum Gasteiger partial charge on any atom is 0.244 e. The van der Waals surface area contributed by atoms with Gasteiger partial charge >= 0.3 is 0 Å². The lowest BCUT2D eigenvalue weighted by atomic mass is 10.2. The number of nitriles is 2. The van der Waals surface area contributed by atoms with E-state index in [4.69, 9.17) is 22.1 Å². The highest BCUT2D eigenvalue weighted by Crippen LogP contribution is 2.25. The van der Waals surface area contributed by atoms with Crippen LogP contribution in [0.25, 0.3) is 0 Å². The molecule has 0 heterocycles. The minimum Gasteiger partial charge on any atom is -0.207 e. The number of benzene rings is 1. The molecule has 100 valence electrons. The monoisotopic (exact) mass is 297 g/mol. The second kappa shape index (κ2) is 6.03. The van der Waals surface area contributed by atoms with Crippen molar-refractivity contribution in [3.05, 3.63) is 28.8 Å². The Labute approximate surface area is 117 Å². The van der Waals surface area contributed by atoms with Crippen molar-refractivity contribution in [2.45, 2.75) is 11.8 Å². The van der Waals surface area contributed by atoms with E-state index >= 15 is 0 Å². The van der Waals surface area contributed by atoms with Crippen molar-refractivity contribution in [2.75, 3.05) is 13.6 Å². The molecule has 1 aromatic rings. The lowest BCUT2D eigenvalue weighted by molar-refractivity contribution is 0.439. The molecule has 0 amide bonds. The smallest absolute Gasteiger partial charge is 0.207 e. The topological polar surface area (TPSA) is 85.0 Å². The van der Waals surface area contributed by atoms with Crippen LogP contribution in [-0.2, 0) is 10.0 Å².